The van der Waals surface area contributed by atoms with Crippen LogP contribution in [-0.2, 0) is 19.7 Å². The smallest absolute Gasteiger partial charge is 0.329 e. The van der Waals surface area contributed by atoms with Crippen LogP contribution in [0, 0.1) is 0 Å². The monoisotopic (exact) mass is 374 g/mol. The highest BCUT2D eigenvalue weighted by atomic mass is 16.5. The number of carbonyl (C=O) groups excluding carboxylic acids is 3. The number of hydrogen-bond donors (Lipinski definition) is 1. The molecule has 6 nitrogen and oxygen atoms in total. The molecule has 1 aromatic carbocycles. The minimum absolute atomic E-state index is 0.00409. The van der Waals surface area contributed by atoms with Crippen molar-refractivity contribution in [1.82, 2.24) is 10.2 Å². The first-order valence-corrected chi connectivity index (χ1v) is 9.50. The molecular weight excluding hydrogens is 344 g/mol. The largest absolute Gasteiger partial charge is 0.451 e. The average Bonchev–Trinajstić information content (AvgIpc) is 3.14. The zero-order valence-electron chi connectivity index (χ0n) is 16.9. The maximum Gasteiger partial charge on any atom is 0.329 e. The number of esters is 1. The first-order chi connectivity index (χ1) is 12.6. The minimum atomic E-state index is -0.846. The molecule has 0 bridgehead atoms. The van der Waals surface area contributed by atoms with Crippen LogP contribution < -0.4 is 5.32 Å². The molecule has 1 fully saturated rings. The van der Waals surface area contributed by atoms with Gasteiger partial charge in [0.1, 0.15) is 6.04 Å². The highest BCUT2D eigenvalue weighted by Gasteiger charge is 2.28. The van der Waals surface area contributed by atoms with Crippen molar-refractivity contribution in [2.75, 3.05) is 13.1 Å². The Morgan fingerprint density at radius 2 is 1.59 bits per heavy atom. The summed E-state index contributed by atoms with van der Waals surface area (Å²) in [7, 11) is 0. The third kappa shape index (κ3) is 5.55. The molecule has 2 amide bonds. The van der Waals surface area contributed by atoms with Gasteiger partial charge in [0.15, 0.2) is 6.10 Å². The summed E-state index contributed by atoms with van der Waals surface area (Å²) >= 11 is 0. The van der Waals surface area contributed by atoms with Gasteiger partial charge < -0.3 is 15.0 Å². The van der Waals surface area contributed by atoms with Crippen LogP contribution in [0.3, 0.4) is 0 Å². The van der Waals surface area contributed by atoms with Crippen molar-refractivity contribution in [2.24, 2.45) is 0 Å². The van der Waals surface area contributed by atoms with E-state index in [0.29, 0.717) is 18.7 Å². The van der Waals surface area contributed by atoms with Crippen molar-refractivity contribution in [2.45, 2.75) is 65.0 Å². The molecule has 0 aliphatic carbocycles. The molecule has 1 aliphatic rings. The van der Waals surface area contributed by atoms with Crippen molar-refractivity contribution in [3.8, 4) is 0 Å². The van der Waals surface area contributed by atoms with Crippen LogP contribution in [0.25, 0.3) is 0 Å². The van der Waals surface area contributed by atoms with Gasteiger partial charge in [0.2, 0.25) is 0 Å². The fourth-order valence-corrected chi connectivity index (χ4v) is 2.98. The molecule has 2 atom stereocenters. The number of benzene rings is 1. The second kappa shape index (κ2) is 8.55. The number of amides is 2. The number of rotatable bonds is 5. The Hall–Kier alpha value is -2.37. The summed E-state index contributed by atoms with van der Waals surface area (Å²) in [5.41, 5.74) is 1.61. The number of likely N-dealkylation sites (tertiary alicyclic amines) is 1. The van der Waals surface area contributed by atoms with E-state index >= 15 is 0 Å². The molecule has 2 rings (SSSR count). The summed E-state index contributed by atoms with van der Waals surface area (Å²) in [6.07, 6.45) is 1.11. The standard InChI is InChI=1S/C21H30N2O4/c1-14(20(26)27-15(2)19(25)23-12-6-7-13-23)22-18(24)16-8-10-17(11-9-16)21(3,4)5/h8-11,14-15H,6-7,12-13H2,1-5H3,(H,22,24)/t14-,15+/m0/s1. The predicted octanol–water partition coefficient (Wildman–Crippen LogP) is 2.66. The summed E-state index contributed by atoms with van der Waals surface area (Å²) in [4.78, 5) is 38.5. The Morgan fingerprint density at radius 3 is 2.11 bits per heavy atom. The third-order valence-corrected chi connectivity index (χ3v) is 4.77. The average molecular weight is 374 g/mol. The fraction of sp³-hybridized carbons (Fsp3) is 0.571. The third-order valence-electron chi connectivity index (χ3n) is 4.77. The van der Waals surface area contributed by atoms with Crippen molar-refractivity contribution in [1.29, 1.82) is 0 Å². The van der Waals surface area contributed by atoms with Crippen LogP contribution in [0.15, 0.2) is 24.3 Å². The molecular formula is C21H30N2O4. The zero-order valence-corrected chi connectivity index (χ0v) is 16.9. The number of carbonyl (C=O) groups is 3. The zero-order chi connectivity index (χ0) is 20.2. The summed E-state index contributed by atoms with van der Waals surface area (Å²) in [5, 5.41) is 2.63. The Labute approximate surface area is 161 Å². The molecule has 1 N–H and O–H groups in total. The lowest BCUT2D eigenvalue weighted by Crippen LogP contribution is -2.44. The van der Waals surface area contributed by atoms with Crippen LogP contribution in [0.5, 0.6) is 0 Å². The molecule has 0 unspecified atom stereocenters. The number of nitrogens with zero attached hydrogens (tertiary/aromatic N) is 1. The number of nitrogens with one attached hydrogen (secondary N) is 1. The van der Waals surface area contributed by atoms with Gasteiger partial charge in [0.25, 0.3) is 11.8 Å². The quantitative estimate of drug-likeness (QED) is 0.804. The van der Waals surface area contributed by atoms with Crippen molar-refractivity contribution < 1.29 is 19.1 Å². The van der Waals surface area contributed by atoms with Gasteiger partial charge in [-0.1, -0.05) is 32.9 Å². The molecule has 1 aliphatic heterocycles. The van der Waals surface area contributed by atoms with E-state index in [2.05, 4.69) is 26.1 Å². The second-order valence-electron chi connectivity index (χ2n) is 8.13. The Balaban J connectivity index is 1.89. The van der Waals surface area contributed by atoms with E-state index < -0.39 is 18.1 Å². The van der Waals surface area contributed by atoms with E-state index in [1.54, 1.807) is 30.9 Å². The van der Waals surface area contributed by atoms with E-state index in [-0.39, 0.29) is 17.2 Å². The van der Waals surface area contributed by atoms with E-state index in [9.17, 15) is 14.4 Å². The molecule has 0 spiro atoms. The molecule has 1 saturated heterocycles. The summed E-state index contributed by atoms with van der Waals surface area (Å²) < 4.78 is 5.24. The lowest BCUT2D eigenvalue weighted by atomic mass is 9.86. The Bertz CT molecular complexity index is 685. The van der Waals surface area contributed by atoms with E-state index in [1.165, 1.54) is 0 Å². The molecule has 0 saturated carbocycles. The van der Waals surface area contributed by atoms with E-state index in [0.717, 1.165) is 18.4 Å². The van der Waals surface area contributed by atoms with Gasteiger partial charge in [0, 0.05) is 18.7 Å². The minimum Gasteiger partial charge on any atom is -0.451 e. The van der Waals surface area contributed by atoms with Crippen LogP contribution in [0.4, 0.5) is 0 Å². The summed E-state index contributed by atoms with van der Waals surface area (Å²) in [6, 6.07) is 6.47. The molecule has 0 aromatic heterocycles. The van der Waals surface area contributed by atoms with Crippen molar-refractivity contribution in [3.05, 3.63) is 35.4 Å². The number of ether oxygens (including phenoxy) is 1. The highest BCUT2D eigenvalue weighted by Crippen LogP contribution is 2.22. The molecule has 0 radical (unpaired) electrons. The van der Waals surface area contributed by atoms with E-state index in [4.69, 9.17) is 4.74 Å². The molecule has 1 aromatic rings. The van der Waals surface area contributed by atoms with Crippen LogP contribution >= 0.6 is 0 Å². The lowest BCUT2D eigenvalue weighted by Gasteiger charge is -2.22. The van der Waals surface area contributed by atoms with Crippen LogP contribution in [0.1, 0.15) is 63.4 Å². The first kappa shape index (κ1) is 20.9. The van der Waals surface area contributed by atoms with Crippen LogP contribution in [0.2, 0.25) is 0 Å². The predicted molar refractivity (Wildman–Crippen MR) is 103 cm³/mol. The Kier molecular flexibility index (Phi) is 6.63. The molecule has 6 heteroatoms. The Morgan fingerprint density at radius 1 is 1.04 bits per heavy atom. The number of hydrogen-bond acceptors (Lipinski definition) is 4. The maximum absolute atomic E-state index is 12.4. The van der Waals surface area contributed by atoms with Gasteiger partial charge in [-0.3, -0.25) is 9.59 Å². The SMILES string of the molecule is C[C@H](NC(=O)c1ccc(C(C)(C)C)cc1)C(=O)O[C@H](C)C(=O)N1CCCC1. The fourth-order valence-electron chi connectivity index (χ4n) is 2.98. The van der Waals surface area contributed by atoms with Gasteiger partial charge in [-0.15, -0.1) is 0 Å². The normalized spacial score (nSPS) is 16.6. The molecule has 27 heavy (non-hydrogen) atoms. The van der Waals surface area contributed by atoms with Gasteiger partial charge in [-0.2, -0.15) is 0 Å². The van der Waals surface area contributed by atoms with Crippen molar-refractivity contribution in [3.63, 3.8) is 0 Å². The molecule has 148 valence electrons. The molecule has 1 heterocycles. The van der Waals surface area contributed by atoms with Gasteiger partial charge >= 0.3 is 5.97 Å². The van der Waals surface area contributed by atoms with Gasteiger partial charge in [-0.25, -0.2) is 4.79 Å². The van der Waals surface area contributed by atoms with Crippen molar-refractivity contribution >= 4 is 17.8 Å². The maximum atomic E-state index is 12.4. The second-order valence-corrected chi connectivity index (χ2v) is 8.13. The van der Waals surface area contributed by atoms with Crippen LogP contribution in [-0.4, -0.2) is 47.9 Å². The topological polar surface area (TPSA) is 75.7 Å². The lowest BCUT2D eigenvalue weighted by molar-refractivity contribution is -0.159. The highest BCUT2D eigenvalue weighted by molar-refractivity contribution is 5.97. The van der Waals surface area contributed by atoms with E-state index in [1.807, 2.05) is 12.1 Å². The van der Waals surface area contributed by atoms with Gasteiger partial charge in [-0.05, 0) is 49.8 Å². The van der Waals surface area contributed by atoms with Gasteiger partial charge in [0.05, 0.1) is 0 Å². The summed E-state index contributed by atoms with van der Waals surface area (Å²) in [6.45, 7) is 10.8. The first-order valence-electron chi connectivity index (χ1n) is 9.50. The summed E-state index contributed by atoms with van der Waals surface area (Å²) in [5.74, 6) is -1.15.